The molecule has 0 bridgehead atoms. The molecule has 0 radical (unpaired) electrons. The van der Waals surface area contributed by atoms with E-state index in [-0.39, 0.29) is 80.9 Å². The molecule has 5 N–H and O–H groups in total. The van der Waals surface area contributed by atoms with Gasteiger partial charge < -0.3 is 83.4 Å². The Hall–Kier alpha value is -4.14. The fourth-order valence-electron chi connectivity index (χ4n) is 9.16. The molecule has 0 spiro atoms. The third-order valence-electron chi connectivity index (χ3n) is 14.5. The van der Waals surface area contributed by atoms with E-state index >= 15 is 0 Å². The van der Waals surface area contributed by atoms with E-state index < -0.39 is 35.1 Å². The summed E-state index contributed by atoms with van der Waals surface area (Å²) in [6.07, 6.45) is 15.1. The molecule has 1 rings (SSSR count). The van der Waals surface area contributed by atoms with E-state index in [1.165, 1.54) is 57.2 Å². The van der Waals surface area contributed by atoms with Gasteiger partial charge in [0.2, 0.25) is 35.4 Å². The number of nitrogens with two attached hydrogens (primary N) is 1. The number of unbranched alkanes of at least 4 members (excludes halogenated alkanes) is 10. The smallest absolute Gasteiger partial charge is 0.243 e. The second-order valence-corrected chi connectivity index (χ2v) is 24.4. The van der Waals surface area contributed by atoms with E-state index in [9.17, 15) is 43.2 Å². The third-order valence-corrected chi connectivity index (χ3v) is 15.7. The standard InChI is InChI=1S/C66H120N6O21S.H2/c1-5-6-7-8-9-10-11-12-16-21-61(76)69-58(64(67)79)20-15-13-14-18-57(75)23-29-83-31-33-85-35-37-87-39-41-89-43-45-91-47-49-93-51-50-92-48-46-90-44-42-88-40-38-86-36-34-84-32-30-82-28-17-19-56(74)22-26-72-63(78)54-60(66(72)81)94-52-24-62(77)70-59(53-55(2)73)65(80)68-25-27-71(3)4;/h58-60H,5-54H2,1-4H3,(H2,67,79)(H,68,80)(H,69,76)(H,70,77);1H. The average Bonchev–Trinajstić information content (AvgIpc) is 1.71. The maximum Gasteiger partial charge on any atom is 0.243 e. The van der Waals surface area contributed by atoms with Gasteiger partial charge in [0.05, 0.1) is 157 Å². The minimum Gasteiger partial charge on any atom is -0.379 e. The van der Waals surface area contributed by atoms with E-state index in [0.29, 0.717) is 217 Å². The number of ether oxygens (including phenoxy) is 12. The number of hydrogen-bond acceptors (Lipinski definition) is 23. The molecule has 1 aliphatic rings. The molecule has 0 aromatic carbocycles. The number of carbonyl (C=O) groups is 9. The lowest BCUT2D eigenvalue weighted by Gasteiger charge is -2.18. The Balaban J connectivity index is 0.0000884. The van der Waals surface area contributed by atoms with Gasteiger partial charge in [0, 0.05) is 84.8 Å². The van der Waals surface area contributed by atoms with E-state index in [1.54, 1.807) is 0 Å². The number of thioether (sulfide) groups is 1. The molecular weight excluding hydrogens is 1240 g/mol. The van der Waals surface area contributed by atoms with Gasteiger partial charge in [-0.1, -0.05) is 71.1 Å². The fourth-order valence-corrected chi connectivity index (χ4v) is 10.3. The van der Waals surface area contributed by atoms with Crippen molar-refractivity contribution < 1.29 is 101 Å². The number of carbonyl (C=O) groups excluding carboxylic acids is 9. The van der Waals surface area contributed by atoms with Crippen molar-refractivity contribution in [3.05, 3.63) is 0 Å². The van der Waals surface area contributed by atoms with Crippen LogP contribution in [0.5, 0.6) is 0 Å². The van der Waals surface area contributed by atoms with Crippen LogP contribution in [-0.4, -0.2) is 278 Å². The second kappa shape index (κ2) is 63.6. The molecule has 548 valence electrons. The Bertz CT molecular complexity index is 1990. The Morgan fingerprint density at radius 3 is 1.35 bits per heavy atom. The second-order valence-electron chi connectivity index (χ2n) is 23.0. The number of ketones is 3. The first-order chi connectivity index (χ1) is 45.6. The number of imide groups is 1. The van der Waals surface area contributed by atoms with Gasteiger partial charge in [-0.15, -0.1) is 11.8 Å². The Kier molecular flexibility index (Phi) is 59.4. The Labute approximate surface area is 565 Å². The molecule has 6 amide bonds. The lowest BCUT2D eigenvalue weighted by molar-refractivity contribution is -0.138. The lowest BCUT2D eigenvalue weighted by atomic mass is 10.0. The van der Waals surface area contributed by atoms with Crippen LogP contribution in [-0.2, 0) is 100.0 Å². The zero-order chi connectivity index (χ0) is 68.8. The van der Waals surface area contributed by atoms with Crippen LogP contribution in [0.4, 0.5) is 0 Å². The largest absolute Gasteiger partial charge is 0.379 e. The predicted molar refractivity (Wildman–Crippen MR) is 357 cm³/mol. The van der Waals surface area contributed by atoms with Gasteiger partial charge >= 0.3 is 0 Å². The van der Waals surface area contributed by atoms with Crippen molar-refractivity contribution in [3.8, 4) is 0 Å². The first-order valence-electron chi connectivity index (χ1n) is 34.4. The van der Waals surface area contributed by atoms with Crippen LogP contribution in [0.1, 0.15) is 157 Å². The molecule has 28 heteroatoms. The number of nitrogens with zero attached hydrogens (tertiary/aromatic N) is 2. The predicted octanol–water partition coefficient (Wildman–Crippen LogP) is 4.36. The van der Waals surface area contributed by atoms with Crippen LogP contribution in [0.2, 0.25) is 0 Å². The molecule has 94 heavy (non-hydrogen) atoms. The molecule has 3 atom stereocenters. The summed E-state index contributed by atoms with van der Waals surface area (Å²) in [6, 6.07) is -1.67. The summed E-state index contributed by atoms with van der Waals surface area (Å²) in [7, 11) is 3.72. The highest BCUT2D eigenvalue weighted by Gasteiger charge is 2.38. The van der Waals surface area contributed by atoms with E-state index in [0.717, 1.165) is 30.6 Å². The fraction of sp³-hybridized carbons (Fsp3) is 0.864. The van der Waals surface area contributed by atoms with Crippen LogP contribution < -0.4 is 21.7 Å². The minimum absolute atomic E-state index is 0. The van der Waals surface area contributed by atoms with Crippen LogP contribution in [0.15, 0.2) is 0 Å². The molecule has 1 heterocycles. The number of nitrogens with one attached hydrogen (secondary N) is 3. The molecule has 0 aromatic heterocycles. The summed E-state index contributed by atoms with van der Waals surface area (Å²) in [4.78, 5) is 114. The van der Waals surface area contributed by atoms with E-state index in [1.807, 2.05) is 19.0 Å². The van der Waals surface area contributed by atoms with Crippen molar-refractivity contribution in [3.63, 3.8) is 0 Å². The number of likely N-dealkylation sites (tertiary alicyclic amines) is 1. The monoisotopic (exact) mass is 1370 g/mol. The number of rotatable bonds is 72. The van der Waals surface area contributed by atoms with Gasteiger partial charge in [-0.05, 0) is 46.7 Å². The molecular formula is C66H122N6O21S. The van der Waals surface area contributed by atoms with Gasteiger partial charge in [0.15, 0.2) is 0 Å². The molecule has 1 aliphatic heterocycles. The van der Waals surface area contributed by atoms with Crippen LogP contribution in [0.25, 0.3) is 0 Å². The van der Waals surface area contributed by atoms with Gasteiger partial charge in [0.25, 0.3) is 0 Å². The SMILES string of the molecule is CCCCCCCCCCCC(=O)NC(CCCCCC(=O)CCOCCOCCOCCOCCOCCOCCOCCOCCOCCOCCOCCOCCCC(=O)CCN1C(=O)CC(SCCC(=O)NC(CC(C)=O)C(=O)NCCN(C)C)C1=O)C(N)=O.[HH]. The third kappa shape index (κ3) is 54.9. The Morgan fingerprint density at radius 1 is 0.500 bits per heavy atom. The summed E-state index contributed by atoms with van der Waals surface area (Å²) in [5.41, 5.74) is 5.54. The summed E-state index contributed by atoms with van der Waals surface area (Å²) in [5.74, 6) is -2.23. The minimum atomic E-state index is -0.996. The van der Waals surface area contributed by atoms with E-state index in [4.69, 9.17) is 62.6 Å². The number of hydrogen-bond donors (Lipinski definition) is 4. The van der Waals surface area contributed by atoms with Crippen molar-refractivity contribution in [1.29, 1.82) is 0 Å². The average molecular weight is 1370 g/mol. The topological polar surface area (TPSA) is 333 Å². The van der Waals surface area contributed by atoms with Crippen molar-refractivity contribution in [1.82, 2.24) is 25.8 Å². The number of amides is 6. The number of Topliss-reactive ketones (excluding diaryl/α,β-unsaturated/α-hetero) is 3. The molecule has 0 saturated carbocycles. The highest BCUT2D eigenvalue weighted by molar-refractivity contribution is 8.00. The lowest BCUT2D eigenvalue weighted by Crippen LogP contribution is -2.48. The summed E-state index contributed by atoms with van der Waals surface area (Å²) >= 11 is 1.18. The van der Waals surface area contributed by atoms with Crippen LogP contribution >= 0.6 is 11.8 Å². The van der Waals surface area contributed by atoms with Crippen molar-refractivity contribution >= 4 is 64.6 Å². The first-order valence-corrected chi connectivity index (χ1v) is 35.4. The van der Waals surface area contributed by atoms with Crippen molar-refractivity contribution in [2.24, 2.45) is 5.73 Å². The molecule has 0 aromatic rings. The van der Waals surface area contributed by atoms with Gasteiger partial charge in [-0.25, -0.2) is 0 Å². The zero-order valence-electron chi connectivity index (χ0n) is 57.5. The maximum atomic E-state index is 12.9. The normalized spacial score (nSPS) is 13.8. The summed E-state index contributed by atoms with van der Waals surface area (Å²) in [5, 5.41) is 7.46. The highest BCUT2D eigenvalue weighted by Crippen LogP contribution is 2.26. The van der Waals surface area contributed by atoms with Crippen LogP contribution in [0.3, 0.4) is 0 Å². The van der Waals surface area contributed by atoms with Gasteiger partial charge in [-0.2, -0.15) is 0 Å². The zero-order valence-corrected chi connectivity index (χ0v) is 58.4. The first kappa shape index (κ1) is 87.9. The summed E-state index contributed by atoms with van der Waals surface area (Å²) < 4.78 is 66.3. The highest BCUT2D eigenvalue weighted by atomic mass is 32.2. The van der Waals surface area contributed by atoms with Gasteiger partial charge in [0.1, 0.15) is 29.4 Å². The number of primary amides is 1. The van der Waals surface area contributed by atoms with Gasteiger partial charge in [-0.3, -0.25) is 48.1 Å². The summed E-state index contributed by atoms with van der Waals surface area (Å²) in [6.45, 7) is 14.6. The molecule has 3 unspecified atom stereocenters. The molecule has 1 fully saturated rings. The molecule has 0 aliphatic carbocycles. The molecule has 27 nitrogen and oxygen atoms in total. The Morgan fingerprint density at radius 2 is 0.894 bits per heavy atom. The number of likely N-dealkylation sites (N-methyl/N-ethyl adjacent to an activating group) is 1. The van der Waals surface area contributed by atoms with Crippen molar-refractivity contribution in [2.45, 2.75) is 172 Å². The maximum absolute atomic E-state index is 12.9. The van der Waals surface area contributed by atoms with Crippen molar-refractivity contribution in [2.75, 3.05) is 198 Å². The van der Waals surface area contributed by atoms with Crippen LogP contribution in [0, 0.1) is 0 Å². The van der Waals surface area contributed by atoms with E-state index in [2.05, 4.69) is 22.9 Å². The molecule has 1 saturated heterocycles. The quantitative estimate of drug-likeness (QED) is 0.0485.